The van der Waals surface area contributed by atoms with Gasteiger partial charge in [0.25, 0.3) is 0 Å². The predicted molar refractivity (Wildman–Crippen MR) is 119 cm³/mol. The van der Waals surface area contributed by atoms with Gasteiger partial charge in [-0.05, 0) is 48.3 Å². The Hall–Kier alpha value is -2.72. The standard InChI is InChI=1S/C26H24F2N4.Pt/c1-25(2,3)17-15-20(19-11-12-23(27)30-24(19)28)29-22(16-17)26(4,5)21-13-14-32(31-21)18-9-7-6-8-10-18;/h6-9,12-16H,1-5H3;/q-2;+2. The fraction of sp³-hybridized carbons (Fsp3) is 0.269. The number of aromatic nitrogens is 4. The van der Waals surface area contributed by atoms with E-state index in [4.69, 9.17) is 10.1 Å². The van der Waals surface area contributed by atoms with E-state index in [0.717, 1.165) is 28.7 Å². The third-order valence-corrected chi connectivity index (χ3v) is 5.50. The van der Waals surface area contributed by atoms with Crippen LogP contribution in [-0.2, 0) is 31.9 Å². The summed E-state index contributed by atoms with van der Waals surface area (Å²) in [7, 11) is 0. The maximum atomic E-state index is 14.5. The zero-order valence-corrected chi connectivity index (χ0v) is 21.3. The summed E-state index contributed by atoms with van der Waals surface area (Å²) in [4.78, 5) is 8.05. The average Bonchev–Trinajstić information content (AvgIpc) is 3.25. The largest absolute Gasteiger partial charge is 2.00 e. The van der Waals surface area contributed by atoms with Crippen LogP contribution >= 0.6 is 0 Å². The van der Waals surface area contributed by atoms with Crippen molar-refractivity contribution in [2.45, 2.75) is 45.4 Å². The van der Waals surface area contributed by atoms with Crippen LogP contribution in [0.4, 0.5) is 8.78 Å². The van der Waals surface area contributed by atoms with Gasteiger partial charge in [-0.1, -0.05) is 38.5 Å². The van der Waals surface area contributed by atoms with Gasteiger partial charge in [-0.15, -0.1) is 12.1 Å². The van der Waals surface area contributed by atoms with Crippen molar-refractivity contribution in [1.82, 2.24) is 19.7 Å². The van der Waals surface area contributed by atoms with Crippen LogP contribution in [0.3, 0.4) is 0 Å². The Kier molecular flexibility index (Phi) is 6.99. The molecule has 0 radical (unpaired) electrons. The van der Waals surface area contributed by atoms with Gasteiger partial charge >= 0.3 is 21.1 Å². The summed E-state index contributed by atoms with van der Waals surface area (Å²) in [5, 5.41) is 4.75. The van der Waals surface area contributed by atoms with E-state index in [1.54, 1.807) is 4.68 Å². The molecule has 0 atom stereocenters. The second kappa shape index (κ2) is 9.26. The zero-order chi connectivity index (χ0) is 23.1. The summed E-state index contributed by atoms with van der Waals surface area (Å²) in [6.07, 6.45) is 1.88. The van der Waals surface area contributed by atoms with E-state index in [0.29, 0.717) is 5.69 Å². The quantitative estimate of drug-likeness (QED) is 0.212. The molecule has 0 N–H and O–H groups in total. The second-order valence-corrected chi connectivity index (χ2v) is 9.28. The van der Waals surface area contributed by atoms with Crippen molar-refractivity contribution < 1.29 is 29.8 Å². The van der Waals surface area contributed by atoms with Gasteiger partial charge in [0.2, 0.25) is 0 Å². The Bertz CT molecular complexity index is 1260. The van der Waals surface area contributed by atoms with E-state index in [1.807, 2.05) is 62.5 Å². The van der Waals surface area contributed by atoms with Crippen LogP contribution < -0.4 is 0 Å². The molecule has 0 spiro atoms. The van der Waals surface area contributed by atoms with Gasteiger partial charge < -0.3 is 4.98 Å². The maximum Gasteiger partial charge on any atom is 2.00 e. The molecule has 0 aliphatic carbocycles. The van der Waals surface area contributed by atoms with Crippen LogP contribution in [0.2, 0.25) is 0 Å². The molecule has 1 aromatic carbocycles. The third-order valence-electron chi connectivity index (χ3n) is 5.50. The summed E-state index contributed by atoms with van der Waals surface area (Å²) in [5.41, 5.74) is 2.94. The molecule has 0 saturated heterocycles. The van der Waals surface area contributed by atoms with Crippen LogP contribution in [-0.4, -0.2) is 19.7 Å². The van der Waals surface area contributed by atoms with E-state index in [1.165, 1.54) is 0 Å². The first-order chi connectivity index (χ1) is 15.1. The fourth-order valence-corrected chi connectivity index (χ4v) is 3.41. The normalized spacial score (nSPS) is 11.8. The van der Waals surface area contributed by atoms with Gasteiger partial charge in [-0.3, -0.25) is 9.67 Å². The summed E-state index contributed by atoms with van der Waals surface area (Å²) in [6, 6.07) is 20.2. The Labute approximate surface area is 207 Å². The monoisotopic (exact) mass is 625 g/mol. The first-order valence-corrected chi connectivity index (χ1v) is 10.4. The van der Waals surface area contributed by atoms with E-state index < -0.39 is 17.3 Å². The second-order valence-electron chi connectivity index (χ2n) is 9.28. The first-order valence-electron chi connectivity index (χ1n) is 10.4. The molecule has 3 aromatic heterocycles. The van der Waals surface area contributed by atoms with Gasteiger partial charge in [-0.2, -0.15) is 29.4 Å². The Morgan fingerprint density at radius 2 is 1.67 bits per heavy atom. The van der Waals surface area contributed by atoms with Crippen LogP contribution in [0.1, 0.15) is 51.6 Å². The van der Waals surface area contributed by atoms with Crippen molar-refractivity contribution in [2.75, 3.05) is 0 Å². The number of benzene rings is 1. The van der Waals surface area contributed by atoms with E-state index in [2.05, 4.69) is 37.9 Å². The topological polar surface area (TPSA) is 43.6 Å². The Balaban J connectivity index is 0.00000306. The molecule has 0 amide bonds. The van der Waals surface area contributed by atoms with E-state index >= 15 is 0 Å². The Morgan fingerprint density at radius 3 is 2.30 bits per heavy atom. The summed E-state index contributed by atoms with van der Waals surface area (Å²) >= 11 is 0. The minimum Gasteiger partial charge on any atom is -0.300 e. The maximum absolute atomic E-state index is 14.5. The summed E-state index contributed by atoms with van der Waals surface area (Å²) < 4.78 is 29.6. The fourth-order valence-electron chi connectivity index (χ4n) is 3.41. The van der Waals surface area contributed by atoms with Crippen molar-refractivity contribution in [3.8, 4) is 16.9 Å². The van der Waals surface area contributed by atoms with Crippen LogP contribution in [0.15, 0.2) is 54.7 Å². The van der Waals surface area contributed by atoms with Gasteiger partial charge in [0, 0.05) is 11.9 Å². The molecule has 33 heavy (non-hydrogen) atoms. The molecule has 0 saturated carbocycles. The molecule has 0 bridgehead atoms. The number of rotatable bonds is 4. The van der Waals surface area contributed by atoms with Crippen LogP contribution in [0.25, 0.3) is 16.9 Å². The number of hydrogen-bond donors (Lipinski definition) is 0. The molecule has 0 aliphatic rings. The molecule has 7 heteroatoms. The van der Waals surface area contributed by atoms with Crippen LogP contribution in [0, 0.1) is 24.0 Å². The molecule has 0 unspecified atom stereocenters. The van der Waals surface area contributed by atoms with Crippen molar-refractivity contribution in [3.05, 3.63) is 95.7 Å². The number of nitrogens with zero attached hydrogens (tertiary/aromatic N) is 4. The first kappa shape index (κ1) is 24.9. The molecule has 3 heterocycles. The van der Waals surface area contributed by atoms with Crippen molar-refractivity contribution in [2.24, 2.45) is 0 Å². The number of para-hydroxylation sites is 1. The zero-order valence-electron chi connectivity index (χ0n) is 19.1. The summed E-state index contributed by atoms with van der Waals surface area (Å²) in [5.74, 6) is -1.85. The van der Waals surface area contributed by atoms with Crippen molar-refractivity contribution >= 4 is 0 Å². The van der Waals surface area contributed by atoms with Crippen molar-refractivity contribution in [3.63, 3.8) is 0 Å². The SMILES string of the molecule is CC(C)(C)c1cc(-c2[c-]cc(F)nc2F)nc(C(C)(C)c2ccn(-c3[c-]cccc3)n2)c1.[Pt+2]. The molecule has 4 nitrogen and oxygen atoms in total. The number of hydrogen-bond acceptors (Lipinski definition) is 3. The van der Waals surface area contributed by atoms with E-state index in [9.17, 15) is 8.78 Å². The third kappa shape index (κ3) is 5.11. The number of pyridine rings is 2. The minimum absolute atomic E-state index is 0. The van der Waals surface area contributed by atoms with Gasteiger partial charge in [0.15, 0.2) is 0 Å². The molecule has 0 aliphatic heterocycles. The predicted octanol–water partition coefficient (Wildman–Crippen LogP) is 5.83. The average molecular weight is 626 g/mol. The molecule has 172 valence electrons. The smallest absolute Gasteiger partial charge is 0.300 e. The van der Waals surface area contributed by atoms with Crippen LogP contribution in [0.5, 0.6) is 0 Å². The Morgan fingerprint density at radius 1 is 0.909 bits per heavy atom. The molecule has 0 fully saturated rings. The van der Waals surface area contributed by atoms with Gasteiger partial charge in [-0.25, -0.2) is 8.78 Å². The van der Waals surface area contributed by atoms with E-state index in [-0.39, 0.29) is 32.0 Å². The number of halogens is 2. The molecule has 4 rings (SSSR count). The molecule has 4 aromatic rings. The van der Waals surface area contributed by atoms with Gasteiger partial charge in [0.1, 0.15) is 11.9 Å². The molecular formula is C26H24F2N4Pt. The molecular weight excluding hydrogens is 601 g/mol. The minimum atomic E-state index is -0.934. The van der Waals surface area contributed by atoms with Gasteiger partial charge in [0.05, 0.1) is 11.1 Å². The van der Waals surface area contributed by atoms with Crippen molar-refractivity contribution in [1.29, 1.82) is 0 Å². The summed E-state index contributed by atoms with van der Waals surface area (Å²) in [6.45, 7) is 10.3.